The van der Waals surface area contributed by atoms with Gasteiger partial charge in [0.05, 0.1) is 18.2 Å². The molecule has 5 heteroatoms. The Bertz CT molecular complexity index is 750. The fraction of sp³-hybridized carbons (Fsp3) is 0.222. The highest BCUT2D eigenvalue weighted by molar-refractivity contribution is 5.78. The van der Waals surface area contributed by atoms with Crippen LogP contribution >= 0.6 is 0 Å². The molecular weight excluding hydrogens is 290 g/mol. The highest BCUT2D eigenvalue weighted by Gasteiger charge is 2.10. The molecule has 0 spiro atoms. The van der Waals surface area contributed by atoms with Crippen LogP contribution in [0.5, 0.6) is 0 Å². The molecule has 1 amide bonds. The summed E-state index contributed by atoms with van der Waals surface area (Å²) < 4.78 is 1.88. The van der Waals surface area contributed by atoms with E-state index in [1.54, 1.807) is 0 Å². The minimum absolute atomic E-state index is 0.138. The molecule has 0 aliphatic heterocycles. The molecule has 0 aliphatic rings. The Kier molecular flexibility index (Phi) is 4.68. The normalized spacial score (nSPS) is 12.2. The lowest BCUT2D eigenvalue weighted by atomic mass is 10.1. The van der Waals surface area contributed by atoms with Crippen LogP contribution in [-0.4, -0.2) is 33.0 Å². The van der Waals surface area contributed by atoms with Crippen LogP contribution in [-0.2, 0) is 17.6 Å². The number of nitrogens with one attached hydrogen (secondary N) is 1. The number of hydrogen-bond donors (Lipinski definition) is 2. The fourth-order valence-electron chi connectivity index (χ4n) is 2.49. The number of carbonyl (C=O) groups is 1. The van der Waals surface area contributed by atoms with E-state index in [-0.39, 0.29) is 18.9 Å². The maximum absolute atomic E-state index is 12.0. The zero-order valence-corrected chi connectivity index (χ0v) is 12.7. The van der Waals surface area contributed by atoms with Crippen LogP contribution in [0.15, 0.2) is 60.9 Å². The van der Waals surface area contributed by atoms with Gasteiger partial charge < -0.3 is 14.8 Å². The van der Waals surface area contributed by atoms with Crippen molar-refractivity contribution in [1.82, 2.24) is 14.7 Å². The quantitative estimate of drug-likeness (QED) is 0.727. The largest absolute Gasteiger partial charge is 0.391 e. The molecule has 0 bridgehead atoms. The molecule has 1 aromatic carbocycles. The smallest absolute Gasteiger partial charge is 0.226 e. The van der Waals surface area contributed by atoms with E-state index >= 15 is 0 Å². The maximum Gasteiger partial charge on any atom is 0.226 e. The van der Waals surface area contributed by atoms with Crippen LogP contribution in [0.4, 0.5) is 0 Å². The Morgan fingerprint density at radius 2 is 1.96 bits per heavy atom. The number of pyridine rings is 1. The van der Waals surface area contributed by atoms with Gasteiger partial charge in [0, 0.05) is 25.4 Å². The summed E-state index contributed by atoms with van der Waals surface area (Å²) in [4.78, 5) is 16.4. The van der Waals surface area contributed by atoms with E-state index in [0.717, 1.165) is 11.2 Å². The lowest BCUT2D eigenvalue weighted by Crippen LogP contribution is -2.34. The number of aliphatic hydroxyl groups is 1. The second-order valence-electron chi connectivity index (χ2n) is 5.52. The van der Waals surface area contributed by atoms with Gasteiger partial charge in [-0.2, -0.15) is 0 Å². The van der Waals surface area contributed by atoms with Crippen LogP contribution in [0, 0.1) is 0 Å². The van der Waals surface area contributed by atoms with Gasteiger partial charge in [0.25, 0.3) is 0 Å². The average Bonchev–Trinajstić information content (AvgIpc) is 2.96. The molecule has 3 aromatic rings. The number of aliphatic hydroxyl groups excluding tert-OH is 1. The second-order valence-corrected chi connectivity index (χ2v) is 5.52. The van der Waals surface area contributed by atoms with Crippen molar-refractivity contribution in [3.05, 3.63) is 72.2 Å². The number of nitrogens with zero attached hydrogens (tertiary/aromatic N) is 2. The van der Waals surface area contributed by atoms with Crippen LogP contribution in [0.1, 0.15) is 11.3 Å². The molecule has 0 radical (unpaired) electrons. The van der Waals surface area contributed by atoms with Crippen molar-refractivity contribution in [2.75, 3.05) is 6.54 Å². The predicted molar refractivity (Wildman–Crippen MR) is 88.1 cm³/mol. The molecular formula is C18H19N3O2. The standard InChI is InChI=1S/C18H19N3O2/c22-16(10-14-6-2-1-3-7-14)12-19-18(23)11-15-13-21-9-5-4-8-17(21)20-15/h1-9,13,16,22H,10-12H2,(H,19,23). The zero-order chi connectivity index (χ0) is 16.1. The summed E-state index contributed by atoms with van der Waals surface area (Å²) in [5, 5.41) is 12.8. The van der Waals surface area contributed by atoms with Gasteiger partial charge in [-0.25, -0.2) is 4.98 Å². The van der Waals surface area contributed by atoms with E-state index in [1.807, 2.05) is 65.3 Å². The second kappa shape index (κ2) is 7.07. The first kappa shape index (κ1) is 15.2. The van der Waals surface area contributed by atoms with Gasteiger partial charge in [-0.1, -0.05) is 36.4 Å². The van der Waals surface area contributed by atoms with Crippen LogP contribution in [0.3, 0.4) is 0 Å². The Balaban J connectivity index is 1.49. The molecule has 0 saturated carbocycles. The highest BCUT2D eigenvalue weighted by Crippen LogP contribution is 2.05. The number of imidazole rings is 1. The SMILES string of the molecule is O=C(Cc1cn2ccccc2n1)NCC(O)Cc1ccccc1. The third-order valence-electron chi connectivity index (χ3n) is 3.60. The number of amides is 1. The molecule has 1 atom stereocenters. The predicted octanol–water partition coefficient (Wildman–Crippen LogP) is 1.60. The molecule has 0 aliphatic carbocycles. The number of hydrogen-bond acceptors (Lipinski definition) is 3. The van der Waals surface area contributed by atoms with Gasteiger partial charge in [0.15, 0.2) is 0 Å². The van der Waals surface area contributed by atoms with E-state index in [2.05, 4.69) is 10.3 Å². The van der Waals surface area contributed by atoms with E-state index in [0.29, 0.717) is 12.1 Å². The highest BCUT2D eigenvalue weighted by atomic mass is 16.3. The van der Waals surface area contributed by atoms with Crippen molar-refractivity contribution in [3.63, 3.8) is 0 Å². The molecule has 3 rings (SSSR count). The Hall–Kier alpha value is -2.66. The van der Waals surface area contributed by atoms with Gasteiger partial charge in [-0.15, -0.1) is 0 Å². The van der Waals surface area contributed by atoms with E-state index in [9.17, 15) is 9.90 Å². The Morgan fingerprint density at radius 3 is 2.74 bits per heavy atom. The molecule has 0 saturated heterocycles. The summed E-state index contributed by atoms with van der Waals surface area (Å²) in [7, 11) is 0. The number of fused-ring (bicyclic) bond motifs is 1. The molecule has 2 N–H and O–H groups in total. The van der Waals surface area contributed by atoms with Gasteiger partial charge in [0.2, 0.25) is 5.91 Å². The van der Waals surface area contributed by atoms with Crippen molar-refractivity contribution < 1.29 is 9.90 Å². The molecule has 0 fully saturated rings. The zero-order valence-electron chi connectivity index (χ0n) is 12.7. The van der Waals surface area contributed by atoms with Crippen LogP contribution in [0.25, 0.3) is 5.65 Å². The number of carbonyl (C=O) groups excluding carboxylic acids is 1. The first-order valence-corrected chi connectivity index (χ1v) is 7.62. The van der Waals surface area contributed by atoms with Crippen molar-refractivity contribution in [2.45, 2.75) is 18.9 Å². The fourth-order valence-corrected chi connectivity index (χ4v) is 2.49. The Labute approximate surface area is 134 Å². The van der Waals surface area contributed by atoms with Crippen molar-refractivity contribution in [2.24, 2.45) is 0 Å². The van der Waals surface area contributed by atoms with Gasteiger partial charge in [0.1, 0.15) is 5.65 Å². The van der Waals surface area contributed by atoms with Gasteiger partial charge >= 0.3 is 0 Å². The topological polar surface area (TPSA) is 66.6 Å². The summed E-state index contributed by atoms with van der Waals surface area (Å²) in [6.07, 6.45) is 3.88. The number of rotatable bonds is 6. The summed E-state index contributed by atoms with van der Waals surface area (Å²) >= 11 is 0. The lowest BCUT2D eigenvalue weighted by molar-refractivity contribution is -0.120. The van der Waals surface area contributed by atoms with Crippen molar-refractivity contribution >= 4 is 11.6 Å². The minimum Gasteiger partial charge on any atom is -0.391 e. The van der Waals surface area contributed by atoms with Crippen molar-refractivity contribution in [3.8, 4) is 0 Å². The molecule has 1 unspecified atom stereocenters. The van der Waals surface area contributed by atoms with E-state index < -0.39 is 6.10 Å². The van der Waals surface area contributed by atoms with E-state index in [4.69, 9.17) is 0 Å². The molecule has 118 valence electrons. The summed E-state index contributed by atoms with van der Waals surface area (Å²) in [6.45, 7) is 0.237. The number of benzene rings is 1. The lowest BCUT2D eigenvalue weighted by Gasteiger charge is -2.11. The minimum atomic E-state index is -0.595. The third kappa shape index (κ3) is 4.17. The average molecular weight is 309 g/mol. The van der Waals surface area contributed by atoms with Crippen molar-refractivity contribution in [1.29, 1.82) is 0 Å². The molecule has 2 heterocycles. The van der Waals surface area contributed by atoms with Crippen LogP contribution in [0.2, 0.25) is 0 Å². The third-order valence-corrected chi connectivity index (χ3v) is 3.60. The first-order chi connectivity index (χ1) is 11.2. The summed E-state index contributed by atoms with van der Waals surface area (Å²) in [5.41, 5.74) is 2.58. The summed E-state index contributed by atoms with van der Waals surface area (Å²) in [5.74, 6) is -0.138. The van der Waals surface area contributed by atoms with E-state index in [1.165, 1.54) is 0 Å². The maximum atomic E-state index is 12.0. The molecule has 5 nitrogen and oxygen atoms in total. The monoisotopic (exact) mass is 309 g/mol. The van der Waals surface area contributed by atoms with Gasteiger partial charge in [-0.05, 0) is 17.7 Å². The summed E-state index contributed by atoms with van der Waals surface area (Å²) in [6, 6.07) is 15.4. The number of aromatic nitrogens is 2. The van der Waals surface area contributed by atoms with Gasteiger partial charge in [-0.3, -0.25) is 4.79 Å². The molecule has 23 heavy (non-hydrogen) atoms. The molecule has 2 aromatic heterocycles. The van der Waals surface area contributed by atoms with Crippen LogP contribution < -0.4 is 5.32 Å². The Morgan fingerprint density at radius 1 is 1.17 bits per heavy atom. The first-order valence-electron chi connectivity index (χ1n) is 7.62.